The average molecular weight is 302 g/mol. The maximum Gasteiger partial charge on any atom is 0.415 e. The zero-order chi connectivity index (χ0) is 15.8. The third-order valence-electron chi connectivity index (χ3n) is 2.77. The smallest absolute Gasteiger partial charge is 0.337 e. The largest absolute Gasteiger partial charge is 0.415 e. The minimum atomic E-state index is -4.78. The van der Waals surface area contributed by atoms with Gasteiger partial charge in [-0.15, -0.1) is 0 Å². The van der Waals surface area contributed by atoms with Crippen LogP contribution in [0.1, 0.15) is 12.8 Å². The van der Waals surface area contributed by atoms with Gasteiger partial charge in [-0.05, 0) is 6.92 Å². The molecule has 0 spiro atoms. The fourth-order valence-corrected chi connectivity index (χ4v) is 1.43. The number of nitrogens with zero attached hydrogens (tertiary/aromatic N) is 3. The summed E-state index contributed by atoms with van der Waals surface area (Å²) in [5, 5.41) is 14.0. The maximum atomic E-state index is 12.8. The van der Waals surface area contributed by atoms with E-state index in [1.165, 1.54) is 18.2 Å². The third-order valence-corrected chi connectivity index (χ3v) is 2.77. The van der Waals surface area contributed by atoms with E-state index < -0.39 is 22.5 Å². The lowest BCUT2D eigenvalue weighted by Crippen LogP contribution is -2.47. The maximum absolute atomic E-state index is 12.8. The monoisotopic (exact) mass is 302 g/mol. The van der Waals surface area contributed by atoms with Crippen LogP contribution in [0, 0.1) is 10.1 Å². The van der Waals surface area contributed by atoms with Gasteiger partial charge < -0.3 is 10.3 Å². The van der Waals surface area contributed by atoms with Gasteiger partial charge in [-0.25, -0.2) is 0 Å². The van der Waals surface area contributed by atoms with Crippen molar-refractivity contribution in [2.75, 3.05) is 0 Å². The van der Waals surface area contributed by atoms with Crippen molar-refractivity contribution >= 4 is 5.69 Å². The Morgan fingerprint density at radius 3 is 2.62 bits per heavy atom. The van der Waals surface area contributed by atoms with Crippen LogP contribution < -0.4 is 5.73 Å². The standard InChI is InChI=1S/C11H9F3N4O3/c1-10(15,11(12,13)14)9-16-8(17-21-9)6-3-2-4-7(5-6)18(19)20/h2-5H,15H2,1H3. The molecule has 0 amide bonds. The van der Waals surface area contributed by atoms with Crippen molar-refractivity contribution in [1.82, 2.24) is 10.1 Å². The van der Waals surface area contributed by atoms with Gasteiger partial charge in [-0.1, -0.05) is 17.3 Å². The molecule has 7 nitrogen and oxygen atoms in total. The predicted molar refractivity (Wildman–Crippen MR) is 64.0 cm³/mol. The molecule has 1 atom stereocenters. The Morgan fingerprint density at radius 2 is 2.05 bits per heavy atom. The lowest BCUT2D eigenvalue weighted by atomic mass is 10.0. The van der Waals surface area contributed by atoms with Crippen LogP contribution in [0.2, 0.25) is 0 Å². The second-order valence-electron chi connectivity index (χ2n) is 4.43. The SMILES string of the molecule is CC(N)(c1nc(-c2cccc([N+](=O)[O-])c2)no1)C(F)(F)F. The van der Waals surface area contributed by atoms with E-state index >= 15 is 0 Å². The van der Waals surface area contributed by atoms with E-state index in [-0.39, 0.29) is 17.1 Å². The number of benzene rings is 1. The number of nitro groups is 1. The number of aromatic nitrogens is 2. The summed E-state index contributed by atoms with van der Waals surface area (Å²) in [6, 6.07) is 5.11. The molecule has 112 valence electrons. The van der Waals surface area contributed by atoms with Crippen LogP contribution in [0.15, 0.2) is 28.8 Å². The molecule has 0 saturated carbocycles. The van der Waals surface area contributed by atoms with E-state index in [4.69, 9.17) is 5.73 Å². The topological polar surface area (TPSA) is 108 Å². The van der Waals surface area contributed by atoms with Gasteiger partial charge in [-0.2, -0.15) is 18.2 Å². The molecule has 0 aliphatic carbocycles. The quantitative estimate of drug-likeness (QED) is 0.688. The zero-order valence-electron chi connectivity index (χ0n) is 10.6. The Hall–Kier alpha value is -2.49. The molecule has 1 unspecified atom stereocenters. The highest BCUT2D eigenvalue weighted by Crippen LogP contribution is 2.36. The number of nitro benzene ring substituents is 1. The fourth-order valence-electron chi connectivity index (χ4n) is 1.43. The second-order valence-corrected chi connectivity index (χ2v) is 4.43. The van der Waals surface area contributed by atoms with Crippen LogP contribution in [0.25, 0.3) is 11.4 Å². The van der Waals surface area contributed by atoms with Gasteiger partial charge >= 0.3 is 6.18 Å². The van der Waals surface area contributed by atoms with Crippen LogP contribution in [0.4, 0.5) is 18.9 Å². The average Bonchev–Trinajstić information content (AvgIpc) is 2.87. The molecule has 10 heteroatoms. The number of nitrogens with two attached hydrogens (primary N) is 1. The van der Waals surface area contributed by atoms with Crippen molar-refractivity contribution in [3.05, 3.63) is 40.3 Å². The Balaban J connectivity index is 2.41. The van der Waals surface area contributed by atoms with Crippen LogP contribution in [0.5, 0.6) is 0 Å². The Bertz CT molecular complexity index is 681. The number of hydrogen-bond acceptors (Lipinski definition) is 6. The molecular weight excluding hydrogens is 293 g/mol. The lowest BCUT2D eigenvalue weighted by Gasteiger charge is -2.22. The summed E-state index contributed by atoms with van der Waals surface area (Å²) in [6.45, 7) is 0.692. The van der Waals surface area contributed by atoms with E-state index in [2.05, 4.69) is 14.7 Å². The van der Waals surface area contributed by atoms with Gasteiger partial charge in [0.05, 0.1) is 4.92 Å². The molecule has 2 N–H and O–H groups in total. The summed E-state index contributed by atoms with van der Waals surface area (Å²) in [5.74, 6) is -1.04. The summed E-state index contributed by atoms with van der Waals surface area (Å²) < 4.78 is 42.8. The molecule has 0 aliphatic heterocycles. The Morgan fingerprint density at radius 1 is 1.38 bits per heavy atom. The fraction of sp³-hybridized carbons (Fsp3) is 0.273. The predicted octanol–water partition coefficient (Wildman–Crippen LogP) is 2.38. The molecular formula is C11H9F3N4O3. The van der Waals surface area contributed by atoms with Gasteiger partial charge in [0.15, 0.2) is 5.54 Å². The summed E-state index contributed by atoms with van der Waals surface area (Å²) in [6.07, 6.45) is -4.78. The van der Waals surface area contributed by atoms with Crippen molar-refractivity contribution in [3.8, 4) is 11.4 Å². The van der Waals surface area contributed by atoms with Gasteiger partial charge in [-0.3, -0.25) is 10.1 Å². The minimum Gasteiger partial charge on any atom is -0.337 e. The van der Waals surface area contributed by atoms with Crippen LogP contribution in [-0.2, 0) is 5.54 Å². The van der Waals surface area contributed by atoms with E-state index in [0.29, 0.717) is 6.92 Å². The number of alkyl halides is 3. The summed E-state index contributed by atoms with van der Waals surface area (Å²) in [4.78, 5) is 13.6. The second kappa shape index (κ2) is 4.81. The highest BCUT2D eigenvalue weighted by molar-refractivity contribution is 5.58. The molecule has 2 aromatic rings. The molecule has 2 rings (SSSR count). The number of halogens is 3. The lowest BCUT2D eigenvalue weighted by molar-refractivity contribution is -0.384. The van der Waals surface area contributed by atoms with Crippen molar-refractivity contribution in [1.29, 1.82) is 0 Å². The number of hydrogen-bond donors (Lipinski definition) is 1. The van der Waals surface area contributed by atoms with Crippen molar-refractivity contribution in [2.24, 2.45) is 5.73 Å². The van der Waals surface area contributed by atoms with Gasteiger partial charge in [0.2, 0.25) is 5.82 Å². The summed E-state index contributed by atoms with van der Waals surface area (Å²) in [7, 11) is 0. The first kappa shape index (κ1) is 14.9. The number of non-ortho nitro benzene ring substituents is 1. The van der Waals surface area contributed by atoms with Crippen LogP contribution in [-0.4, -0.2) is 21.2 Å². The molecule has 0 radical (unpaired) electrons. The van der Waals surface area contributed by atoms with E-state index in [1.54, 1.807) is 0 Å². The Labute approximate surface area is 115 Å². The molecule has 0 aliphatic rings. The first-order valence-electron chi connectivity index (χ1n) is 5.57. The van der Waals surface area contributed by atoms with Crippen molar-refractivity contribution < 1.29 is 22.6 Å². The highest BCUT2D eigenvalue weighted by atomic mass is 19.4. The minimum absolute atomic E-state index is 0.150. The normalized spacial score (nSPS) is 14.7. The van der Waals surface area contributed by atoms with Crippen molar-refractivity contribution in [2.45, 2.75) is 18.6 Å². The van der Waals surface area contributed by atoms with E-state index in [0.717, 1.165) is 6.07 Å². The molecule has 21 heavy (non-hydrogen) atoms. The zero-order valence-corrected chi connectivity index (χ0v) is 10.6. The van der Waals surface area contributed by atoms with Gasteiger partial charge in [0.1, 0.15) is 0 Å². The molecule has 0 fully saturated rings. The van der Waals surface area contributed by atoms with Crippen LogP contribution >= 0.6 is 0 Å². The first-order chi connectivity index (χ1) is 9.63. The number of rotatable bonds is 3. The van der Waals surface area contributed by atoms with Crippen molar-refractivity contribution in [3.63, 3.8) is 0 Å². The Kier molecular flexibility index (Phi) is 3.41. The third kappa shape index (κ3) is 2.70. The highest BCUT2D eigenvalue weighted by Gasteiger charge is 2.53. The van der Waals surface area contributed by atoms with Gasteiger partial charge in [0, 0.05) is 17.7 Å². The summed E-state index contributed by atoms with van der Waals surface area (Å²) >= 11 is 0. The van der Waals surface area contributed by atoms with Crippen LogP contribution in [0.3, 0.4) is 0 Å². The van der Waals surface area contributed by atoms with Gasteiger partial charge in [0.25, 0.3) is 11.6 Å². The van der Waals surface area contributed by atoms with E-state index in [1.807, 2.05) is 0 Å². The molecule has 0 saturated heterocycles. The molecule has 0 bridgehead atoms. The molecule has 1 aromatic carbocycles. The first-order valence-corrected chi connectivity index (χ1v) is 5.57. The summed E-state index contributed by atoms with van der Waals surface area (Å²) in [5.41, 5.74) is 2.25. The molecule has 1 heterocycles. The molecule has 1 aromatic heterocycles. The van der Waals surface area contributed by atoms with E-state index in [9.17, 15) is 23.3 Å².